The van der Waals surface area contributed by atoms with Crippen molar-refractivity contribution in [2.75, 3.05) is 0 Å². The normalized spacial score (nSPS) is 10.8. The molecule has 0 unspecified atom stereocenters. The number of carboxylic acids is 1. The van der Waals surface area contributed by atoms with Crippen LogP contribution in [0.2, 0.25) is 5.02 Å². The van der Waals surface area contributed by atoms with Gasteiger partial charge in [-0.3, -0.25) is 9.59 Å². The predicted octanol–water partition coefficient (Wildman–Crippen LogP) is 3.04. The summed E-state index contributed by atoms with van der Waals surface area (Å²) in [6.45, 7) is 1.74. The second-order valence-electron chi connectivity index (χ2n) is 4.02. The molecule has 1 aromatic heterocycles. The first-order valence-electron chi connectivity index (χ1n) is 5.58. The molecule has 4 nitrogen and oxygen atoms in total. The fourth-order valence-electron chi connectivity index (χ4n) is 1.98. The fraction of sp³-hybridized carbons (Fsp3) is 0.231. The second kappa shape index (κ2) is 4.82. The van der Waals surface area contributed by atoms with Crippen LogP contribution < -0.4 is 0 Å². The Morgan fingerprint density at radius 2 is 2.11 bits per heavy atom. The predicted molar refractivity (Wildman–Crippen MR) is 69.3 cm³/mol. The number of aromatic amines is 1. The molecule has 18 heavy (non-hydrogen) atoms. The van der Waals surface area contributed by atoms with E-state index in [0.29, 0.717) is 28.2 Å². The standard InChI is InChI=1S/C13H12ClNO3/c1-2-11(16)13-9(6-12(17)18)8-4-3-7(14)5-10(8)15-13/h3-5,15H,2,6H2,1H3,(H,17,18). The van der Waals surface area contributed by atoms with E-state index in [-0.39, 0.29) is 12.2 Å². The third-order valence-electron chi connectivity index (χ3n) is 2.80. The van der Waals surface area contributed by atoms with E-state index in [1.54, 1.807) is 25.1 Å². The maximum absolute atomic E-state index is 11.8. The Bertz CT molecular complexity index is 630. The zero-order valence-corrected chi connectivity index (χ0v) is 10.5. The van der Waals surface area contributed by atoms with E-state index in [2.05, 4.69) is 4.98 Å². The summed E-state index contributed by atoms with van der Waals surface area (Å²) in [5.41, 5.74) is 1.59. The minimum Gasteiger partial charge on any atom is -0.481 e. The van der Waals surface area contributed by atoms with E-state index in [1.165, 1.54) is 0 Å². The largest absolute Gasteiger partial charge is 0.481 e. The number of ketones is 1. The highest BCUT2D eigenvalue weighted by molar-refractivity contribution is 6.31. The Hall–Kier alpha value is -1.81. The van der Waals surface area contributed by atoms with E-state index < -0.39 is 5.97 Å². The number of Topliss-reactive ketones (excluding diaryl/α,β-unsaturated/α-hetero) is 1. The average molecular weight is 266 g/mol. The number of aromatic nitrogens is 1. The molecule has 0 aliphatic rings. The molecule has 94 valence electrons. The summed E-state index contributed by atoms with van der Waals surface area (Å²) in [5, 5.41) is 10.2. The molecule has 1 heterocycles. The zero-order chi connectivity index (χ0) is 13.3. The highest BCUT2D eigenvalue weighted by Crippen LogP contribution is 2.26. The molecule has 5 heteroatoms. The van der Waals surface area contributed by atoms with E-state index in [4.69, 9.17) is 16.7 Å². The van der Waals surface area contributed by atoms with Crippen LogP contribution in [-0.2, 0) is 11.2 Å². The zero-order valence-electron chi connectivity index (χ0n) is 9.79. The number of carbonyl (C=O) groups excluding carboxylic acids is 1. The smallest absolute Gasteiger partial charge is 0.307 e. The van der Waals surface area contributed by atoms with Gasteiger partial charge in [0, 0.05) is 22.3 Å². The molecule has 0 saturated heterocycles. The van der Waals surface area contributed by atoms with E-state index in [9.17, 15) is 9.59 Å². The van der Waals surface area contributed by atoms with Crippen molar-refractivity contribution >= 4 is 34.3 Å². The molecule has 0 aliphatic heterocycles. The number of hydrogen-bond acceptors (Lipinski definition) is 2. The third kappa shape index (κ3) is 2.24. The lowest BCUT2D eigenvalue weighted by atomic mass is 10.0. The van der Waals surface area contributed by atoms with Crippen LogP contribution in [0, 0.1) is 0 Å². The maximum Gasteiger partial charge on any atom is 0.307 e. The average Bonchev–Trinajstić information content (AvgIpc) is 2.65. The van der Waals surface area contributed by atoms with Gasteiger partial charge >= 0.3 is 5.97 Å². The molecule has 2 N–H and O–H groups in total. The molecular formula is C13H12ClNO3. The number of aliphatic carboxylic acids is 1. The van der Waals surface area contributed by atoms with Crippen molar-refractivity contribution in [2.24, 2.45) is 0 Å². The Morgan fingerprint density at radius 1 is 1.39 bits per heavy atom. The Morgan fingerprint density at radius 3 is 2.72 bits per heavy atom. The first-order chi connectivity index (χ1) is 8.52. The van der Waals surface area contributed by atoms with Crippen molar-refractivity contribution in [3.05, 3.63) is 34.5 Å². The lowest BCUT2D eigenvalue weighted by molar-refractivity contribution is -0.136. The molecule has 1 aromatic carbocycles. The topological polar surface area (TPSA) is 70.2 Å². The highest BCUT2D eigenvalue weighted by atomic mass is 35.5. The Kier molecular flexibility index (Phi) is 3.39. The Labute approximate surface area is 109 Å². The van der Waals surface area contributed by atoms with Gasteiger partial charge in [0.2, 0.25) is 0 Å². The van der Waals surface area contributed by atoms with Crippen molar-refractivity contribution in [1.29, 1.82) is 0 Å². The molecule has 0 radical (unpaired) electrons. The summed E-state index contributed by atoms with van der Waals surface area (Å²) in [7, 11) is 0. The summed E-state index contributed by atoms with van der Waals surface area (Å²) in [4.78, 5) is 25.7. The molecule has 0 spiro atoms. The number of rotatable bonds is 4. The first kappa shape index (κ1) is 12.6. The number of fused-ring (bicyclic) bond motifs is 1. The van der Waals surface area contributed by atoms with E-state index in [0.717, 1.165) is 5.39 Å². The quantitative estimate of drug-likeness (QED) is 0.835. The fourth-order valence-corrected chi connectivity index (χ4v) is 2.15. The van der Waals surface area contributed by atoms with Crippen LogP contribution in [0.5, 0.6) is 0 Å². The van der Waals surface area contributed by atoms with Crippen LogP contribution in [0.4, 0.5) is 0 Å². The molecule has 0 aliphatic carbocycles. The van der Waals surface area contributed by atoms with Gasteiger partial charge in [0.05, 0.1) is 12.1 Å². The number of hydrogen-bond donors (Lipinski definition) is 2. The van der Waals surface area contributed by atoms with Gasteiger partial charge in [0.1, 0.15) is 0 Å². The van der Waals surface area contributed by atoms with Crippen molar-refractivity contribution in [3.63, 3.8) is 0 Å². The molecule has 0 atom stereocenters. The number of benzene rings is 1. The molecule has 0 saturated carbocycles. The second-order valence-corrected chi connectivity index (χ2v) is 4.45. The van der Waals surface area contributed by atoms with Gasteiger partial charge in [-0.2, -0.15) is 0 Å². The van der Waals surface area contributed by atoms with Gasteiger partial charge in [-0.25, -0.2) is 0 Å². The van der Waals surface area contributed by atoms with Crippen LogP contribution in [-0.4, -0.2) is 21.8 Å². The van der Waals surface area contributed by atoms with E-state index in [1.807, 2.05) is 0 Å². The van der Waals surface area contributed by atoms with Crippen molar-refractivity contribution in [2.45, 2.75) is 19.8 Å². The summed E-state index contributed by atoms with van der Waals surface area (Å²) < 4.78 is 0. The summed E-state index contributed by atoms with van der Waals surface area (Å²) in [6, 6.07) is 5.11. The van der Waals surface area contributed by atoms with Crippen molar-refractivity contribution in [1.82, 2.24) is 4.98 Å². The minimum absolute atomic E-state index is 0.0985. The molecule has 2 rings (SSSR count). The molecule has 0 amide bonds. The van der Waals surface area contributed by atoms with Gasteiger partial charge in [-0.05, 0) is 17.7 Å². The van der Waals surface area contributed by atoms with Crippen LogP contribution >= 0.6 is 11.6 Å². The lowest BCUT2D eigenvalue weighted by Gasteiger charge is -1.99. The molecular weight excluding hydrogens is 254 g/mol. The van der Waals surface area contributed by atoms with Gasteiger partial charge in [-0.15, -0.1) is 0 Å². The van der Waals surface area contributed by atoms with Crippen molar-refractivity contribution in [3.8, 4) is 0 Å². The maximum atomic E-state index is 11.8. The molecule has 0 bridgehead atoms. The van der Waals surface area contributed by atoms with Gasteiger partial charge < -0.3 is 10.1 Å². The summed E-state index contributed by atoms with van der Waals surface area (Å²) in [6.07, 6.45) is 0.149. The summed E-state index contributed by atoms with van der Waals surface area (Å²) >= 11 is 5.88. The van der Waals surface area contributed by atoms with Gasteiger partial charge in [0.15, 0.2) is 5.78 Å². The monoisotopic (exact) mass is 265 g/mol. The number of nitrogens with one attached hydrogen (secondary N) is 1. The number of carbonyl (C=O) groups is 2. The summed E-state index contributed by atoms with van der Waals surface area (Å²) in [5.74, 6) is -1.06. The molecule has 2 aromatic rings. The van der Waals surface area contributed by atoms with E-state index >= 15 is 0 Å². The first-order valence-corrected chi connectivity index (χ1v) is 5.95. The SMILES string of the molecule is CCC(=O)c1[nH]c2cc(Cl)ccc2c1CC(=O)O. The van der Waals surface area contributed by atoms with Gasteiger partial charge in [-0.1, -0.05) is 24.6 Å². The van der Waals surface area contributed by atoms with Crippen molar-refractivity contribution < 1.29 is 14.7 Å². The van der Waals surface area contributed by atoms with Gasteiger partial charge in [0.25, 0.3) is 0 Å². The number of H-pyrrole nitrogens is 1. The number of carboxylic acid groups (broad SMARTS) is 1. The van der Waals surface area contributed by atoms with Crippen LogP contribution in [0.1, 0.15) is 29.4 Å². The van der Waals surface area contributed by atoms with Crippen LogP contribution in [0.3, 0.4) is 0 Å². The Balaban J connectivity index is 2.67. The highest BCUT2D eigenvalue weighted by Gasteiger charge is 2.18. The molecule has 0 fully saturated rings. The third-order valence-corrected chi connectivity index (χ3v) is 3.03. The number of halogens is 1. The lowest BCUT2D eigenvalue weighted by Crippen LogP contribution is -2.06. The van der Waals surface area contributed by atoms with Crippen LogP contribution in [0.25, 0.3) is 10.9 Å². The minimum atomic E-state index is -0.962. The van der Waals surface area contributed by atoms with Crippen LogP contribution in [0.15, 0.2) is 18.2 Å².